The molecule has 0 fully saturated rings. The highest BCUT2D eigenvalue weighted by molar-refractivity contribution is 7.90. The van der Waals surface area contributed by atoms with E-state index < -0.39 is 9.84 Å². The van der Waals surface area contributed by atoms with Crippen LogP contribution in [0.5, 0.6) is 0 Å². The first-order valence-electron chi connectivity index (χ1n) is 8.43. The molecule has 1 amide bonds. The molecule has 3 heterocycles. The second-order valence-electron chi connectivity index (χ2n) is 6.60. The second-order valence-corrected chi connectivity index (χ2v) is 8.61. The van der Waals surface area contributed by atoms with Crippen molar-refractivity contribution in [2.24, 2.45) is 7.05 Å². The maximum absolute atomic E-state index is 12.3. The summed E-state index contributed by atoms with van der Waals surface area (Å²) in [4.78, 5) is 16.9. The topological polar surface area (TPSA) is 93.9 Å². The highest BCUT2D eigenvalue weighted by Gasteiger charge is 2.33. The number of hydrogen-bond acceptors (Lipinski definition) is 5. The van der Waals surface area contributed by atoms with Crippen molar-refractivity contribution in [3.8, 4) is 11.4 Å². The van der Waals surface area contributed by atoms with E-state index in [9.17, 15) is 13.2 Å². The van der Waals surface area contributed by atoms with E-state index in [1.54, 1.807) is 42.2 Å². The lowest BCUT2D eigenvalue weighted by Gasteiger charge is -2.24. The molecule has 1 N–H and O–H groups in total. The third-order valence-electron chi connectivity index (χ3n) is 4.70. The van der Waals surface area contributed by atoms with Crippen molar-refractivity contribution in [1.82, 2.24) is 14.8 Å². The number of nitrogens with one attached hydrogen (secondary N) is 1. The number of carbonyl (C=O) groups is 1. The summed E-state index contributed by atoms with van der Waals surface area (Å²) in [6, 6.07) is 12.3. The Morgan fingerprint density at radius 3 is 2.52 bits per heavy atom. The Labute approximate surface area is 157 Å². The third-order valence-corrected chi connectivity index (χ3v) is 5.83. The molecule has 1 aliphatic rings. The van der Waals surface area contributed by atoms with Gasteiger partial charge in [0.25, 0.3) is 0 Å². The number of hydrogen-bond donors (Lipinski definition) is 1. The third kappa shape index (κ3) is 3.12. The number of anilines is 1. The molecule has 3 aromatic rings. The van der Waals surface area contributed by atoms with Crippen LogP contribution in [0, 0.1) is 0 Å². The van der Waals surface area contributed by atoms with Crippen LogP contribution in [0.4, 0.5) is 5.82 Å². The Bertz CT molecular complexity index is 1120. The van der Waals surface area contributed by atoms with Crippen LogP contribution in [0.3, 0.4) is 0 Å². The molecule has 8 heteroatoms. The van der Waals surface area contributed by atoms with Crippen molar-refractivity contribution in [3.63, 3.8) is 0 Å². The first kappa shape index (κ1) is 17.4. The van der Waals surface area contributed by atoms with Crippen LogP contribution in [-0.2, 0) is 21.7 Å². The summed E-state index contributed by atoms with van der Waals surface area (Å²) < 4.78 is 25.1. The molecule has 4 rings (SSSR count). The SMILES string of the molecule is Cn1nc(-c2ccccn2)c2c1NC(=O)CC2c1ccc(S(C)(=O)=O)cc1. The van der Waals surface area contributed by atoms with Crippen molar-refractivity contribution >= 4 is 21.6 Å². The number of aromatic nitrogens is 3. The molecular formula is C19H18N4O3S. The van der Waals surface area contributed by atoms with Gasteiger partial charge in [0.15, 0.2) is 9.84 Å². The number of fused-ring (bicyclic) bond motifs is 1. The van der Waals surface area contributed by atoms with Crippen LogP contribution in [0.15, 0.2) is 53.6 Å². The van der Waals surface area contributed by atoms with Crippen molar-refractivity contribution < 1.29 is 13.2 Å². The lowest BCUT2D eigenvalue weighted by molar-refractivity contribution is -0.116. The highest BCUT2D eigenvalue weighted by atomic mass is 32.2. The van der Waals surface area contributed by atoms with Gasteiger partial charge in [-0.05, 0) is 29.8 Å². The monoisotopic (exact) mass is 382 g/mol. The maximum Gasteiger partial charge on any atom is 0.226 e. The first-order chi connectivity index (χ1) is 12.8. The minimum atomic E-state index is -3.27. The van der Waals surface area contributed by atoms with E-state index >= 15 is 0 Å². The van der Waals surface area contributed by atoms with Gasteiger partial charge in [0, 0.05) is 37.4 Å². The molecule has 0 saturated heterocycles. The lowest BCUT2D eigenvalue weighted by atomic mass is 9.85. The van der Waals surface area contributed by atoms with E-state index in [4.69, 9.17) is 0 Å². The number of carbonyl (C=O) groups excluding carboxylic acids is 1. The van der Waals surface area contributed by atoms with Crippen molar-refractivity contribution in [2.75, 3.05) is 11.6 Å². The smallest absolute Gasteiger partial charge is 0.226 e. The molecule has 1 aliphatic heterocycles. The number of rotatable bonds is 3. The van der Waals surface area contributed by atoms with Gasteiger partial charge in [0.2, 0.25) is 5.91 Å². The average Bonchev–Trinajstić information content (AvgIpc) is 2.98. The minimum absolute atomic E-state index is 0.102. The summed E-state index contributed by atoms with van der Waals surface area (Å²) in [5, 5.41) is 7.46. The molecule has 1 aromatic carbocycles. The Morgan fingerprint density at radius 2 is 1.89 bits per heavy atom. The Balaban J connectivity index is 1.86. The fourth-order valence-corrected chi connectivity index (χ4v) is 4.04. The number of nitrogens with zero attached hydrogens (tertiary/aromatic N) is 3. The van der Waals surface area contributed by atoms with E-state index in [0.29, 0.717) is 11.5 Å². The van der Waals surface area contributed by atoms with Gasteiger partial charge >= 0.3 is 0 Å². The number of pyridine rings is 1. The normalized spacial score (nSPS) is 16.7. The van der Waals surface area contributed by atoms with Gasteiger partial charge in [-0.25, -0.2) is 8.42 Å². The van der Waals surface area contributed by atoms with Gasteiger partial charge in [-0.3, -0.25) is 14.5 Å². The molecule has 7 nitrogen and oxygen atoms in total. The average molecular weight is 382 g/mol. The zero-order chi connectivity index (χ0) is 19.2. The predicted octanol–water partition coefficient (Wildman–Crippen LogP) is 2.36. The molecule has 2 aromatic heterocycles. The molecule has 0 radical (unpaired) electrons. The molecule has 0 aliphatic carbocycles. The summed E-state index contributed by atoms with van der Waals surface area (Å²) in [5.41, 5.74) is 3.19. The van der Waals surface area contributed by atoms with Crippen LogP contribution < -0.4 is 5.32 Å². The van der Waals surface area contributed by atoms with Gasteiger partial charge in [0.1, 0.15) is 11.5 Å². The van der Waals surface area contributed by atoms with Gasteiger partial charge in [-0.2, -0.15) is 5.10 Å². The Kier molecular flexibility index (Phi) is 4.07. The van der Waals surface area contributed by atoms with Gasteiger partial charge in [-0.15, -0.1) is 0 Å². The van der Waals surface area contributed by atoms with Crippen LogP contribution in [-0.4, -0.2) is 35.3 Å². The van der Waals surface area contributed by atoms with E-state index in [0.717, 1.165) is 16.8 Å². The van der Waals surface area contributed by atoms with E-state index in [-0.39, 0.29) is 23.1 Å². The minimum Gasteiger partial charge on any atom is -0.311 e. The van der Waals surface area contributed by atoms with Crippen LogP contribution in [0.1, 0.15) is 23.5 Å². The summed E-state index contributed by atoms with van der Waals surface area (Å²) >= 11 is 0. The Hall–Kier alpha value is -3.00. The van der Waals surface area contributed by atoms with E-state index in [2.05, 4.69) is 15.4 Å². The largest absolute Gasteiger partial charge is 0.311 e. The van der Waals surface area contributed by atoms with Gasteiger partial charge in [0.05, 0.1) is 10.6 Å². The Morgan fingerprint density at radius 1 is 1.15 bits per heavy atom. The molecular weight excluding hydrogens is 364 g/mol. The first-order valence-corrected chi connectivity index (χ1v) is 10.3. The molecule has 0 bridgehead atoms. The van der Waals surface area contributed by atoms with E-state index in [1.165, 1.54) is 6.26 Å². The fourth-order valence-electron chi connectivity index (χ4n) is 3.41. The zero-order valence-corrected chi connectivity index (χ0v) is 15.7. The summed E-state index contributed by atoms with van der Waals surface area (Å²) in [7, 11) is -1.50. The van der Waals surface area contributed by atoms with Gasteiger partial charge in [-0.1, -0.05) is 18.2 Å². The highest BCUT2D eigenvalue weighted by Crippen LogP contribution is 2.42. The van der Waals surface area contributed by atoms with Crippen LogP contribution in [0.25, 0.3) is 11.4 Å². The maximum atomic E-state index is 12.3. The van der Waals surface area contributed by atoms with Crippen molar-refractivity contribution in [1.29, 1.82) is 0 Å². The van der Waals surface area contributed by atoms with E-state index in [1.807, 2.05) is 18.2 Å². The summed E-state index contributed by atoms with van der Waals surface area (Å²) in [5.74, 6) is 0.312. The fraction of sp³-hybridized carbons (Fsp3) is 0.211. The molecule has 27 heavy (non-hydrogen) atoms. The molecule has 0 spiro atoms. The quantitative estimate of drug-likeness (QED) is 0.750. The number of benzene rings is 1. The summed E-state index contributed by atoms with van der Waals surface area (Å²) in [6.07, 6.45) is 3.14. The van der Waals surface area contributed by atoms with Crippen molar-refractivity contribution in [2.45, 2.75) is 17.2 Å². The number of aryl methyl sites for hydroxylation is 1. The molecule has 138 valence electrons. The number of amides is 1. The lowest BCUT2D eigenvalue weighted by Crippen LogP contribution is -2.24. The summed E-state index contributed by atoms with van der Waals surface area (Å²) in [6.45, 7) is 0. The molecule has 0 saturated carbocycles. The zero-order valence-electron chi connectivity index (χ0n) is 14.9. The van der Waals surface area contributed by atoms with Gasteiger partial charge < -0.3 is 5.32 Å². The standard InChI is InChI=1S/C19H18N4O3S/c1-23-19-17(18(22-23)15-5-3-4-10-20-15)14(11-16(24)21-19)12-6-8-13(9-7-12)27(2,25)26/h3-10,14H,11H2,1-2H3,(H,21,24). The van der Waals surface area contributed by atoms with Crippen molar-refractivity contribution in [3.05, 3.63) is 59.8 Å². The van der Waals surface area contributed by atoms with Crippen LogP contribution >= 0.6 is 0 Å². The molecule has 1 unspecified atom stereocenters. The van der Waals surface area contributed by atoms with Crippen LogP contribution in [0.2, 0.25) is 0 Å². The predicted molar refractivity (Wildman–Crippen MR) is 101 cm³/mol. The molecule has 1 atom stereocenters. The second kappa shape index (κ2) is 6.31. The number of sulfone groups is 1.